The maximum atomic E-state index is 9.98. The number of aliphatic hydroxyl groups excluding tert-OH is 2. The number of ether oxygens (including phenoxy) is 2. The maximum absolute atomic E-state index is 9.98. The summed E-state index contributed by atoms with van der Waals surface area (Å²) < 4.78 is 11.8. The highest BCUT2D eigenvalue weighted by Gasteiger charge is 2.46. The molecule has 22 heavy (non-hydrogen) atoms. The van der Waals surface area contributed by atoms with Crippen molar-refractivity contribution in [3.63, 3.8) is 0 Å². The Bertz CT molecular complexity index is 677. The first kappa shape index (κ1) is 14.8. The summed E-state index contributed by atoms with van der Waals surface area (Å²) in [5.41, 5.74) is 12.6. The minimum atomic E-state index is -1.02. The van der Waals surface area contributed by atoms with E-state index in [9.17, 15) is 10.2 Å². The van der Waals surface area contributed by atoms with Gasteiger partial charge in [0, 0.05) is 13.2 Å². The Morgan fingerprint density at radius 3 is 2.91 bits per heavy atom. The van der Waals surface area contributed by atoms with Gasteiger partial charge in [0.2, 0.25) is 0 Å². The average Bonchev–Trinajstić information content (AvgIpc) is 3.01. The molecule has 2 aromatic heterocycles. The van der Waals surface area contributed by atoms with Crippen LogP contribution in [0.25, 0.3) is 11.2 Å². The average molecular weight is 311 g/mol. The van der Waals surface area contributed by atoms with E-state index in [2.05, 4.69) is 9.97 Å². The molecule has 4 unspecified atom stereocenters. The Hall–Kier alpha value is -2.14. The first-order valence-electron chi connectivity index (χ1n) is 6.58. The van der Waals surface area contributed by atoms with Gasteiger partial charge >= 0.3 is 0 Å². The third-order valence-electron chi connectivity index (χ3n) is 3.49. The Kier molecular flexibility index (Phi) is 3.74. The van der Waals surface area contributed by atoms with Gasteiger partial charge in [-0.1, -0.05) is 0 Å². The van der Waals surface area contributed by atoms with E-state index < -0.39 is 24.6 Å². The van der Waals surface area contributed by atoms with Crippen molar-refractivity contribution >= 4 is 22.7 Å². The summed E-state index contributed by atoms with van der Waals surface area (Å²) in [6.45, 7) is -0.357. The third kappa shape index (κ3) is 2.31. The van der Waals surface area contributed by atoms with E-state index in [-0.39, 0.29) is 12.4 Å². The number of imidazole rings is 1. The zero-order valence-corrected chi connectivity index (χ0v) is 11.8. The molecule has 1 aliphatic rings. The molecule has 0 aromatic carbocycles. The highest BCUT2D eigenvalue weighted by molar-refractivity contribution is 5.85. The maximum Gasteiger partial charge on any atom is 0.254 e. The Morgan fingerprint density at radius 2 is 2.23 bits per heavy atom. The molecule has 1 fully saturated rings. The van der Waals surface area contributed by atoms with E-state index in [1.165, 1.54) is 24.2 Å². The first-order chi connectivity index (χ1) is 10.5. The first-order valence-corrected chi connectivity index (χ1v) is 6.58. The van der Waals surface area contributed by atoms with Gasteiger partial charge in [0.05, 0.1) is 12.3 Å². The number of nitrogens with zero attached hydrogens (tertiary/aromatic N) is 3. The highest BCUT2D eigenvalue weighted by atomic mass is 16.8. The summed E-state index contributed by atoms with van der Waals surface area (Å²) >= 11 is 0. The number of rotatable bonds is 4. The van der Waals surface area contributed by atoms with E-state index in [0.29, 0.717) is 16.9 Å². The summed E-state index contributed by atoms with van der Waals surface area (Å²) in [6, 6.07) is 1.50. The molecule has 2 aromatic rings. The summed E-state index contributed by atoms with van der Waals surface area (Å²) in [5.74, 6) is 0.222. The van der Waals surface area contributed by atoms with Crippen LogP contribution in [0.2, 0.25) is 0 Å². The van der Waals surface area contributed by atoms with Crippen LogP contribution in [0.15, 0.2) is 12.4 Å². The van der Waals surface area contributed by atoms with Crippen molar-refractivity contribution in [3.8, 4) is 0 Å². The molecular weight excluding hydrogens is 294 g/mol. The third-order valence-corrected chi connectivity index (χ3v) is 3.49. The van der Waals surface area contributed by atoms with Gasteiger partial charge in [0.15, 0.2) is 11.8 Å². The monoisotopic (exact) mass is 311 g/mol. The fourth-order valence-corrected chi connectivity index (χ4v) is 2.39. The van der Waals surface area contributed by atoms with Gasteiger partial charge in [0.25, 0.3) is 6.29 Å². The van der Waals surface area contributed by atoms with Crippen LogP contribution < -0.4 is 16.3 Å². The number of pyridine rings is 1. The number of fused-ring (bicyclic) bond motifs is 1. The second kappa shape index (κ2) is 5.57. The molecule has 6 N–H and O–H groups in total. The lowest BCUT2D eigenvalue weighted by atomic mass is 10.1. The molecule has 4 atom stereocenters. The van der Waals surface area contributed by atoms with E-state index in [4.69, 9.17) is 25.8 Å². The van der Waals surface area contributed by atoms with Gasteiger partial charge in [0.1, 0.15) is 29.9 Å². The lowest BCUT2D eigenvalue weighted by Gasteiger charge is -2.19. The number of hydrogen-bond acceptors (Lipinski definition) is 9. The summed E-state index contributed by atoms with van der Waals surface area (Å²) in [7, 11) is 1.41. The van der Waals surface area contributed by atoms with Crippen molar-refractivity contribution in [2.45, 2.75) is 24.6 Å². The molecule has 0 saturated carbocycles. The van der Waals surface area contributed by atoms with Crippen molar-refractivity contribution in [1.82, 2.24) is 14.7 Å². The predicted octanol–water partition coefficient (Wildman–Crippen LogP) is -1.88. The van der Waals surface area contributed by atoms with Crippen LogP contribution in [-0.2, 0) is 9.47 Å². The number of aliphatic hydroxyl groups is 2. The molecule has 3 rings (SSSR count). The zero-order valence-electron chi connectivity index (χ0n) is 11.8. The lowest BCUT2D eigenvalue weighted by molar-refractivity contribution is -0.174. The largest absolute Gasteiger partial charge is 0.397 e. The lowest BCUT2D eigenvalue weighted by Crippen LogP contribution is -2.39. The van der Waals surface area contributed by atoms with Crippen LogP contribution in [0.1, 0.15) is 0 Å². The van der Waals surface area contributed by atoms with Crippen LogP contribution in [0.5, 0.6) is 0 Å². The van der Waals surface area contributed by atoms with Crippen molar-refractivity contribution in [1.29, 1.82) is 0 Å². The van der Waals surface area contributed by atoms with Crippen LogP contribution in [0.4, 0.5) is 11.5 Å². The minimum Gasteiger partial charge on any atom is -0.397 e. The van der Waals surface area contributed by atoms with Gasteiger partial charge in [-0.05, 0) is 0 Å². The molecule has 3 heterocycles. The number of anilines is 2. The second-order valence-corrected chi connectivity index (χ2v) is 4.90. The zero-order chi connectivity index (χ0) is 15.9. The molecule has 10 heteroatoms. The fraction of sp³-hybridized carbons (Fsp3) is 0.500. The molecule has 0 radical (unpaired) electrons. The molecule has 120 valence electrons. The van der Waals surface area contributed by atoms with Crippen LogP contribution >= 0.6 is 0 Å². The molecule has 10 nitrogen and oxygen atoms in total. The number of aromatic nitrogens is 3. The van der Waals surface area contributed by atoms with Crippen molar-refractivity contribution in [3.05, 3.63) is 12.4 Å². The normalized spacial score (nSPS) is 28.3. The molecule has 1 aliphatic heterocycles. The van der Waals surface area contributed by atoms with Crippen molar-refractivity contribution < 1.29 is 24.5 Å². The van der Waals surface area contributed by atoms with Crippen LogP contribution in [0, 0.1) is 0 Å². The van der Waals surface area contributed by atoms with E-state index >= 15 is 0 Å². The number of nitrogen functional groups attached to an aromatic ring is 2. The van der Waals surface area contributed by atoms with Crippen LogP contribution in [-0.4, -0.2) is 63.2 Å². The highest BCUT2D eigenvalue weighted by Crippen LogP contribution is 2.25. The molecule has 0 bridgehead atoms. The van der Waals surface area contributed by atoms with E-state index in [1.807, 2.05) is 0 Å². The van der Waals surface area contributed by atoms with Crippen molar-refractivity contribution in [2.24, 2.45) is 0 Å². The van der Waals surface area contributed by atoms with Gasteiger partial charge in [-0.3, -0.25) is 0 Å². The topological polar surface area (TPSA) is 151 Å². The van der Waals surface area contributed by atoms with Gasteiger partial charge in [-0.15, -0.1) is 4.73 Å². The molecule has 0 aliphatic carbocycles. The molecule has 0 amide bonds. The van der Waals surface area contributed by atoms with Gasteiger partial charge in [-0.2, -0.15) is 0 Å². The van der Waals surface area contributed by atoms with Gasteiger partial charge in [-0.25, -0.2) is 9.97 Å². The Labute approximate surface area is 125 Å². The molecule has 1 saturated heterocycles. The van der Waals surface area contributed by atoms with E-state index in [1.54, 1.807) is 0 Å². The number of nitrogens with two attached hydrogens (primary N) is 2. The molecular formula is C12H17N5O5. The number of hydrogen-bond donors (Lipinski definition) is 4. The number of methoxy groups -OCH3 is 1. The van der Waals surface area contributed by atoms with Crippen molar-refractivity contribution in [2.75, 3.05) is 25.2 Å². The van der Waals surface area contributed by atoms with Crippen LogP contribution in [0.3, 0.4) is 0 Å². The summed E-state index contributed by atoms with van der Waals surface area (Å²) in [5, 5.41) is 19.2. The fourth-order valence-electron chi connectivity index (χ4n) is 2.39. The SMILES string of the molecule is COC1C(On2cnc3c(N)cc(N)nc32)OC(CO)C1O. The second-order valence-electron chi connectivity index (χ2n) is 4.90. The molecule has 0 spiro atoms. The predicted molar refractivity (Wildman–Crippen MR) is 75.5 cm³/mol. The Balaban J connectivity index is 1.90. The van der Waals surface area contributed by atoms with Gasteiger partial charge < -0.3 is 36.0 Å². The van der Waals surface area contributed by atoms with E-state index in [0.717, 1.165) is 0 Å². The standard InChI is InChI=1S/C12H17N5O5/c1-20-10-9(19)6(3-18)21-12(10)22-17-4-15-8-5(13)2-7(14)16-11(8)17/h2,4,6,9-10,12,18-19H,3H2,1H3,(H4,13,14,16). The smallest absolute Gasteiger partial charge is 0.254 e. The Morgan fingerprint density at radius 1 is 1.45 bits per heavy atom. The quantitative estimate of drug-likeness (QED) is 0.508. The summed E-state index contributed by atoms with van der Waals surface area (Å²) in [6.07, 6.45) is -2.17. The minimum absolute atomic E-state index is 0.222. The summed E-state index contributed by atoms with van der Waals surface area (Å²) in [4.78, 5) is 13.8.